The molecule has 6 nitrogen and oxygen atoms in total. The Morgan fingerprint density at radius 1 is 1.27 bits per heavy atom. The lowest BCUT2D eigenvalue weighted by Crippen LogP contribution is -2.43. The number of benzene rings is 1. The molecule has 0 bridgehead atoms. The number of carbonyl (C=O) groups is 2. The highest BCUT2D eigenvalue weighted by atomic mass is 16.6. The van der Waals surface area contributed by atoms with Crippen molar-refractivity contribution in [1.29, 1.82) is 0 Å². The van der Waals surface area contributed by atoms with Gasteiger partial charge in [0.1, 0.15) is 23.5 Å². The number of hydrogen-bond donors (Lipinski definition) is 1. The van der Waals surface area contributed by atoms with Crippen molar-refractivity contribution in [3.63, 3.8) is 0 Å². The quantitative estimate of drug-likeness (QED) is 0.854. The highest BCUT2D eigenvalue weighted by Gasteiger charge is 2.42. The molecule has 1 aromatic rings. The summed E-state index contributed by atoms with van der Waals surface area (Å²) >= 11 is 0. The van der Waals surface area contributed by atoms with Gasteiger partial charge in [-0.2, -0.15) is 0 Å². The number of carbonyl (C=O) groups excluding carboxylic acids is 1. The zero-order valence-electron chi connectivity index (χ0n) is 16.2. The Labute approximate surface area is 155 Å². The molecule has 144 valence electrons. The fourth-order valence-corrected chi connectivity index (χ4v) is 2.94. The Morgan fingerprint density at radius 3 is 2.38 bits per heavy atom. The van der Waals surface area contributed by atoms with Gasteiger partial charge in [0.25, 0.3) is 0 Å². The number of carboxylic acid groups (broad SMARTS) is 1. The monoisotopic (exact) mass is 363 g/mol. The molecule has 1 aliphatic rings. The van der Waals surface area contributed by atoms with E-state index in [9.17, 15) is 14.7 Å². The van der Waals surface area contributed by atoms with Crippen LogP contribution in [0.1, 0.15) is 58.9 Å². The van der Waals surface area contributed by atoms with Crippen LogP contribution in [0, 0.1) is 0 Å². The predicted octanol–water partition coefficient (Wildman–Crippen LogP) is 4.04. The third-order valence-corrected chi connectivity index (χ3v) is 4.54. The molecule has 0 unspecified atom stereocenters. The number of ether oxygens (including phenoxy) is 2. The van der Waals surface area contributed by atoms with Gasteiger partial charge in [0.05, 0.1) is 6.54 Å². The number of carboxylic acids is 1. The van der Waals surface area contributed by atoms with Crippen LogP contribution in [-0.2, 0) is 9.53 Å². The highest BCUT2D eigenvalue weighted by Crippen LogP contribution is 2.27. The summed E-state index contributed by atoms with van der Waals surface area (Å²) in [5.74, 6) is 0.112. The Kier molecular flexibility index (Phi) is 6.16. The van der Waals surface area contributed by atoms with E-state index < -0.39 is 23.7 Å². The predicted molar refractivity (Wildman–Crippen MR) is 98.5 cm³/mol. The van der Waals surface area contributed by atoms with E-state index in [-0.39, 0.29) is 19.1 Å². The van der Waals surface area contributed by atoms with Gasteiger partial charge in [0, 0.05) is 6.42 Å². The summed E-state index contributed by atoms with van der Waals surface area (Å²) in [7, 11) is 0. The third-order valence-electron chi connectivity index (χ3n) is 4.54. The van der Waals surface area contributed by atoms with Gasteiger partial charge in [0.2, 0.25) is 0 Å². The van der Waals surface area contributed by atoms with Crippen molar-refractivity contribution < 1.29 is 24.2 Å². The van der Waals surface area contributed by atoms with Crippen LogP contribution in [-0.4, -0.2) is 46.4 Å². The van der Waals surface area contributed by atoms with Gasteiger partial charge in [-0.05, 0) is 50.8 Å². The summed E-state index contributed by atoms with van der Waals surface area (Å²) < 4.78 is 11.2. The van der Waals surface area contributed by atoms with E-state index in [4.69, 9.17) is 9.47 Å². The number of nitrogens with zero attached hydrogens (tertiary/aromatic N) is 1. The first kappa shape index (κ1) is 20.1. The maximum atomic E-state index is 12.3. The standard InChI is InChI=1S/C20H29NO5/c1-6-13(2)14-7-9-15(10-8-14)25-16-11-17(18(22)23)21(12-16)19(24)26-20(3,4)5/h7-10,13,16-17H,6,11-12H2,1-5H3,(H,22,23)/t13-,16-,17-/m0/s1. The van der Waals surface area contributed by atoms with Crippen LogP contribution >= 0.6 is 0 Å². The average molecular weight is 363 g/mol. The van der Waals surface area contributed by atoms with Crippen molar-refractivity contribution in [3.8, 4) is 5.75 Å². The molecule has 6 heteroatoms. The molecule has 3 atom stereocenters. The summed E-state index contributed by atoms with van der Waals surface area (Å²) in [5.41, 5.74) is 0.565. The van der Waals surface area contributed by atoms with E-state index in [1.165, 1.54) is 10.5 Å². The SMILES string of the molecule is CC[C@H](C)c1ccc(O[C@H]2C[C@@H](C(=O)O)N(C(=O)OC(C)(C)C)C2)cc1. The van der Waals surface area contributed by atoms with Crippen LogP contribution in [0.25, 0.3) is 0 Å². The molecule has 1 heterocycles. The topological polar surface area (TPSA) is 76.1 Å². The van der Waals surface area contributed by atoms with E-state index in [0.717, 1.165) is 6.42 Å². The smallest absolute Gasteiger partial charge is 0.411 e. The summed E-state index contributed by atoms with van der Waals surface area (Å²) in [6.07, 6.45) is 0.302. The van der Waals surface area contributed by atoms with Crippen molar-refractivity contribution in [2.75, 3.05) is 6.54 Å². The van der Waals surface area contributed by atoms with Gasteiger partial charge >= 0.3 is 12.1 Å². The molecule has 0 aromatic heterocycles. The minimum Gasteiger partial charge on any atom is -0.488 e. The highest BCUT2D eigenvalue weighted by molar-refractivity contribution is 5.81. The number of likely N-dealkylation sites (tertiary alicyclic amines) is 1. The molecule has 0 spiro atoms. The molecular formula is C20H29NO5. The van der Waals surface area contributed by atoms with Crippen LogP contribution in [0.4, 0.5) is 4.79 Å². The van der Waals surface area contributed by atoms with Gasteiger partial charge in [-0.1, -0.05) is 26.0 Å². The molecule has 0 aliphatic carbocycles. The van der Waals surface area contributed by atoms with E-state index in [1.807, 2.05) is 24.3 Å². The molecule has 1 fully saturated rings. The number of rotatable bonds is 5. The summed E-state index contributed by atoms with van der Waals surface area (Å²) in [6, 6.07) is 6.91. The zero-order valence-corrected chi connectivity index (χ0v) is 16.2. The van der Waals surface area contributed by atoms with Crippen LogP contribution in [0.5, 0.6) is 5.75 Å². The fourth-order valence-electron chi connectivity index (χ4n) is 2.94. The minimum absolute atomic E-state index is 0.193. The molecule has 1 aromatic carbocycles. The fraction of sp³-hybridized carbons (Fsp3) is 0.600. The lowest BCUT2D eigenvalue weighted by molar-refractivity contribution is -0.142. The molecule has 0 radical (unpaired) electrons. The minimum atomic E-state index is -1.05. The number of amides is 1. The largest absolute Gasteiger partial charge is 0.488 e. The summed E-state index contributed by atoms with van der Waals surface area (Å²) in [6.45, 7) is 9.77. The Morgan fingerprint density at radius 2 is 1.88 bits per heavy atom. The van der Waals surface area contributed by atoms with E-state index >= 15 is 0 Å². The number of hydrogen-bond acceptors (Lipinski definition) is 4. The molecule has 1 aliphatic heterocycles. The van der Waals surface area contributed by atoms with Crippen LogP contribution in [0.2, 0.25) is 0 Å². The molecule has 1 saturated heterocycles. The van der Waals surface area contributed by atoms with E-state index in [0.29, 0.717) is 11.7 Å². The van der Waals surface area contributed by atoms with Crippen LogP contribution in [0.15, 0.2) is 24.3 Å². The molecule has 0 saturated carbocycles. The second-order valence-corrected chi connectivity index (χ2v) is 7.84. The maximum absolute atomic E-state index is 12.3. The van der Waals surface area contributed by atoms with Gasteiger partial charge in [-0.3, -0.25) is 4.90 Å². The van der Waals surface area contributed by atoms with Crippen molar-refractivity contribution in [3.05, 3.63) is 29.8 Å². The Bertz CT molecular complexity index is 635. The average Bonchev–Trinajstić information content (AvgIpc) is 2.97. The third kappa shape index (κ3) is 5.13. The summed E-state index contributed by atoms with van der Waals surface area (Å²) in [4.78, 5) is 25.1. The molecule has 1 amide bonds. The Hall–Kier alpha value is -2.24. The van der Waals surface area contributed by atoms with Crippen molar-refractivity contribution >= 4 is 12.1 Å². The van der Waals surface area contributed by atoms with Crippen molar-refractivity contribution in [2.24, 2.45) is 0 Å². The summed E-state index contributed by atoms with van der Waals surface area (Å²) in [5, 5.41) is 9.43. The van der Waals surface area contributed by atoms with Crippen LogP contribution < -0.4 is 4.74 Å². The second kappa shape index (κ2) is 7.98. The second-order valence-electron chi connectivity index (χ2n) is 7.84. The lowest BCUT2D eigenvalue weighted by Gasteiger charge is -2.26. The molecule has 2 rings (SSSR count). The van der Waals surface area contributed by atoms with E-state index in [1.54, 1.807) is 20.8 Å². The number of aliphatic carboxylic acids is 1. The van der Waals surface area contributed by atoms with E-state index in [2.05, 4.69) is 13.8 Å². The lowest BCUT2D eigenvalue weighted by atomic mass is 9.99. The van der Waals surface area contributed by atoms with Gasteiger partial charge < -0.3 is 14.6 Å². The van der Waals surface area contributed by atoms with Gasteiger partial charge in [-0.15, -0.1) is 0 Å². The van der Waals surface area contributed by atoms with Gasteiger partial charge in [-0.25, -0.2) is 9.59 Å². The molecule has 26 heavy (non-hydrogen) atoms. The first-order valence-electron chi connectivity index (χ1n) is 9.09. The van der Waals surface area contributed by atoms with Crippen molar-refractivity contribution in [1.82, 2.24) is 4.90 Å². The first-order chi connectivity index (χ1) is 12.1. The Balaban J connectivity index is 2.05. The zero-order chi connectivity index (χ0) is 19.5. The molecule has 1 N–H and O–H groups in total. The maximum Gasteiger partial charge on any atom is 0.411 e. The van der Waals surface area contributed by atoms with Crippen LogP contribution in [0.3, 0.4) is 0 Å². The molecular weight excluding hydrogens is 334 g/mol. The van der Waals surface area contributed by atoms with Gasteiger partial charge in [0.15, 0.2) is 0 Å². The normalized spacial score (nSPS) is 21.3. The van der Waals surface area contributed by atoms with Crippen molar-refractivity contribution in [2.45, 2.75) is 71.1 Å². The first-order valence-corrected chi connectivity index (χ1v) is 9.09.